The van der Waals surface area contributed by atoms with Gasteiger partial charge in [-0.15, -0.1) is 0 Å². The Morgan fingerprint density at radius 2 is 2.08 bits per heavy atom. The lowest BCUT2D eigenvalue weighted by atomic mass is 9.88. The van der Waals surface area contributed by atoms with Crippen molar-refractivity contribution in [2.24, 2.45) is 5.92 Å². The van der Waals surface area contributed by atoms with Gasteiger partial charge in [-0.05, 0) is 55.9 Å². The summed E-state index contributed by atoms with van der Waals surface area (Å²) in [6.07, 6.45) is 1.74. The van der Waals surface area contributed by atoms with E-state index in [4.69, 9.17) is 4.74 Å². The van der Waals surface area contributed by atoms with Crippen molar-refractivity contribution in [1.82, 2.24) is 4.90 Å². The second-order valence-electron chi connectivity index (χ2n) is 7.07. The van der Waals surface area contributed by atoms with Crippen molar-refractivity contribution in [3.8, 4) is 5.75 Å². The van der Waals surface area contributed by atoms with E-state index in [2.05, 4.69) is 6.92 Å². The molecule has 1 aromatic carbocycles. The van der Waals surface area contributed by atoms with Crippen LogP contribution < -0.4 is 4.74 Å². The zero-order chi connectivity index (χ0) is 17.5. The molecule has 5 nitrogen and oxygen atoms in total. The maximum absolute atomic E-state index is 12.8. The second-order valence-corrected chi connectivity index (χ2v) is 9.30. The summed E-state index contributed by atoms with van der Waals surface area (Å²) in [4.78, 5) is 14.8. The van der Waals surface area contributed by atoms with Crippen LogP contribution in [0.1, 0.15) is 43.9 Å². The van der Waals surface area contributed by atoms with Gasteiger partial charge in [-0.2, -0.15) is 0 Å². The number of methoxy groups -OCH3 is 1. The highest BCUT2D eigenvalue weighted by molar-refractivity contribution is 7.91. The molecule has 1 amide bonds. The van der Waals surface area contributed by atoms with Crippen molar-refractivity contribution in [3.63, 3.8) is 0 Å². The van der Waals surface area contributed by atoms with Gasteiger partial charge in [0.1, 0.15) is 5.75 Å². The van der Waals surface area contributed by atoms with Gasteiger partial charge in [-0.3, -0.25) is 4.79 Å². The molecule has 24 heavy (non-hydrogen) atoms. The van der Waals surface area contributed by atoms with Gasteiger partial charge in [0.05, 0.1) is 24.7 Å². The molecule has 2 aliphatic heterocycles. The van der Waals surface area contributed by atoms with E-state index in [9.17, 15) is 13.2 Å². The molecule has 0 N–H and O–H groups in total. The molecule has 1 aromatic rings. The number of benzene rings is 1. The highest BCUT2D eigenvalue weighted by atomic mass is 32.2. The predicted octanol–water partition coefficient (Wildman–Crippen LogP) is 2.35. The van der Waals surface area contributed by atoms with Crippen LogP contribution in [0.5, 0.6) is 5.75 Å². The Kier molecular flexibility index (Phi) is 4.60. The molecule has 6 heteroatoms. The first-order valence-corrected chi connectivity index (χ1v) is 10.3. The predicted molar refractivity (Wildman–Crippen MR) is 92.8 cm³/mol. The van der Waals surface area contributed by atoms with Crippen molar-refractivity contribution >= 4 is 15.7 Å². The number of hydrogen-bond donors (Lipinski definition) is 0. The number of sulfone groups is 1. The van der Waals surface area contributed by atoms with Crippen LogP contribution in [0.2, 0.25) is 0 Å². The van der Waals surface area contributed by atoms with E-state index in [1.54, 1.807) is 7.11 Å². The molecule has 1 fully saturated rings. The summed E-state index contributed by atoms with van der Waals surface area (Å²) >= 11 is 0. The van der Waals surface area contributed by atoms with E-state index in [1.165, 1.54) is 5.56 Å². The minimum Gasteiger partial charge on any atom is -0.497 e. The van der Waals surface area contributed by atoms with Crippen molar-refractivity contribution in [2.75, 3.05) is 18.6 Å². The maximum atomic E-state index is 12.8. The molecule has 0 radical (unpaired) electrons. The second kappa shape index (κ2) is 6.39. The first-order chi connectivity index (χ1) is 11.3. The standard InChI is InChI=1S/C18H25NO4S/c1-12-8-15-10-16(23-3)4-5-17(15)13(2)19(12)18(20)9-14-6-7-24(21,22)11-14/h4-5,10,12-14H,6-9,11H2,1-3H3. The third-order valence-corrected chi connectivity index (χ3v) is 7.12. The van der Waals surface area contributed by atoms with Gasteiger partial charge in [0.15, 0.2) is 9.84 Å². The molecular formula is C18H25NO4S. The Labute approximate surface area is 143 Å². The van der Waals surface area contributed by atoms with Gasteiger partial charge < -0.3 is 9.64 Å². The average Bonchev–Trinajstić information content (AvgIpc) is 2.85. The van der Waals surface area contributed by atoms with Gasteiger partial charge in [0.25, 0.3) is 0 Å². The molecule has 2 aliphatic rings. The fraction of sp³-hybridized carbons (Fsp3) is 0.611. The summed E-state index contributed by atoms with van der Waals surface area (Å²) < 4.78 is 28.5. The van der Waals surface area contributed by atoms with Gasteiger partial charge in [-0.1, -0.05) is 6.07 Å². The first-order valence-electron chi connectivity index (χ1n) is 8.49. The molecule has 0 spiro atoms. The van der Waals surface area contributed by atoms with Gasteiger partial charge in [-0.25, -0.2) is 8.42 Å². The van der Waals surface area contributed by atoms with Gasteiger partial charge >= 0.3 is 0 Å². The monoisotopic (exact) mass is 351 g/mol. The fourth-order valence-corrected chi connectivity index (χ4v) is 5.95. The molecule has 2 heterocycles. The number of carbonyl (C=O) groups excluding carboxylic acids is 1. The number of hydrogen-bond acceptors (Lipinski definition) is 4. The number of amides is 1. The van der Waals surface area contributed by atoms with Crippen molar-refractivity contribution in [2.45, 2.75) is 45.2 Å². The van der Waals surface area contributed by atoms with Crippen LogP contribution in [0.3, 0.4) is 0 Å². The third kappa shape index (κ3) is 3.29. The van der Waals surface area contributed by atoms with Crippen LogP contribution in [0.15, 0.2) is 18.2 Å². The molecular weight excluding hydrogens is 326 g/mol. The molecule has 3 rings (SSSR count). The summed E-state index contributed by atoms with van der Waals surface area (Å²) in [6, 6.07) is 6.11. The largest absolute Gasteiger partial charge is 0.497 e. The molecule has 132 valence electrons. The number of nitrogens with zero attached hydrogens (tertiary/aromatic N) is 1. The highest BCUT2D eigenvalue weighted by Gasteiger charge is 2.36. The summed E-state index contributed by atoms with van der Waals surface area (Å²) in [5, 5.41) is 0. The SMILES string of the molecule is COc1ccc2c(c1)CC(C)N(C(=O)CC1CCS(=O)(=O)C1)C2C. The fourth-order valence-electron chi connectivity index (χ4n) is 4.09. The third-order valence-electron chi connectivity index (χ3n) is 5.29. The summed E-state index contributed by atoms with van der Waals surface area (Å²) in [5.74, 6) is 1.25. The number of ether oxygens (including phenoxy) is 1. The van der Waals surface area contributed by atoms with Crippen molar-refractivity contribution in [3.05, 3.63) is 29.3 Å². The normalized spacial score (nSPS) is 28.5. The van der Waals surface area contributed by atoms with Crippen molar-refractivity contribution in [1.29, 1.82) is 0 Å². The van der Waals surface area contributed by atoms with Crippen LogP contribution in [-0.2, 0) is 21.1 Å². The number of rotatable bonds is 3. The van der Waals surface area contributed by atoms with E-state index in [1.807, 2.05) is 30.0 Å². The topological polar surface area (TPSA) is 63.7 Å². The van der Waals surface area contributed by atoms with Crippen molar-refractivity contribution < 1.29 is 17.9 Å². The minimum absolute atomic E-state index is 0.000154. The van der Waals surface area contributed by atoms with Gasteiger partial charge in [0.2, 0.25) is 5.91 Å². The highest BCUT2D eigenvalue weighted by Crippen LogP contribution is 2.36. The average molecular weight is 351 g/mol. The van der Waals surface area contributed by atoms with E-state index in [0.29, 0.717) is 12.8 Å². The lowest BCUT2D eigenvalue weighted by molar-refractivity contribution is -0.137. The Bertz CT molecular complexity index is 743. The molecule has 1 saturated heterocycles. The number of fused-ring (bicyclic) bond motifs is 1. The smallest absolute Gasteiger partial charge is 0.223 e. The molecule has 3 unspecified atom stereocenters. The first kappa shape index (κ1) is 17.3. The van der Waals surface area contributed by atoms with E-state index < -0.39 is 9.84 Å². The summed E-state index contributed by atoms with van der Waals surface area (Å²) in [5.41, 5.74) is 2.38. The molecule has 3 atom stereocenters. The lowest BCUT2D eigenvalue weighted by Crippen LogP contribution is -2.45. The molecule has 0 aromatic heterocycles. The molecule has 0 bridgehead atoms. The van der Waals surface area contributed by atoms with E-state index in [-0.39, 0.29) is 35.4 Å². The maximum Gasteiger partial charge on any atom is 0.223 e. The van der Waals surface area contributed by atoms with Crippen LogP contribution in [0.4, 0.5) is 0 Å². The Hall–Kier alpha value is -1.56. The molecule has 0 aliphatic carbocycles. The molecule has 0 saturated carbocycles. The number of carbonyl (C=O) groups is 1. The lowest BCUT2D eigenvalue weighted by Gasteiger charge is -2.41. The Morgan fingerprint density at radius 3 is 2.71 bits per heavy atom. The minimum atomic E-state index is -2.94. The quantitative estimate of drug-likeness (QED) is 0.839. The Balaban J connectivity index is 1.77. The summed E-state index contributed by atoms with van der Waals surface area (Å²) in [7, 11) is -1.28. The van der Waals surface area contributed by atoms with Crippen LogP contribution in [-0.4, -0.2) is 43.9 Å². The van der Waals surface area contributed by atoms with E-state index in [0.717, 1.165) is 17.7 Å². The van der Waals surface area contributed by atoms with Crippen LogP contribution >= 0.6 is 0 Å². The zero-order valence-electron chi connectivity index (χ0n) is 14.5. The van der Waals surface area contributed by atoms with Crippen LogP contribution in [0, 0.1) is 5.92 Å². The summed E-state index contributed by atoms with van der Waals surface area (Å²) in [6.45, 7) is 4.10. The van der Waals surface area contributed by atoms with Crippen LogP contribution in [0.25, 0.3) is 0 Å². The zero-order valence-corrected chi connectivity index (χ0v) is 15.3. The Morgan fingerprint density at radius 1 is 1.33 bits per heavy atom. The van der Waals surface area contributed by atoms with E-state index >= 15 is 0 Å². The van der Waals surface area contributed by atoms with Gasteiger partial charge in [0, 0.05) is 12.5 Å².